The lowest BCUT2D eigenvalue weighted by atomic mass is 10.0. The summed E-state index contributed by atoms with van der Waals surface area (Å²) in [5.74, 6) is 0.520. The Labute approximate surface area is 131 Å². The Morgan fingerprint density at radius 1 is 1.19 bits per heavy atom. The molecule has 6 heteroatoms. The fourth-order valence-corrected chi connectivity index (χ4v) is 2.53. The summed E-state index contributed by atoms with van der Waals surface area (Å²) in [6.45, 7) is 4.40. The fraction of sp³-hybridized carbons (Fsp3) is 0.333. The Kier molecular flexibility index (Phi) is 5.25. The third kappa shape index (κ3) is 3.39. The quantitative estimate of drug-likeness (QED) is 0.888. The molecule has 0 aliphatic heterocycles. The number of hydrogen-bond acceptors (Lipinski definition) is 4. The van der Waals surface area contributed by atoms with Crippen molar-refractivity contribution in [2.24, 2.45) is 5.73 Å². The van der Waals surface area contributed by atoms with Crippen LogP contribution in [0, 0.1) is 5.82 Å². The Balaban J connectivity index is 2.41. The number of ether oxygens (including phenoxy) is 1. The van der Waals surface area contributed by atoms with E-state index in [0.29, 0.717) is 22.6 Å². The van der Waals surface area contributed by atoms with Crippen LogP contribution in [0.15, 0.2) is 22.7 Å². The lowest BCUT2D eigenvalue weighted by molar-refractivity contribution is 0.443. The molecule has 0 aliphatic rings. The van der Waals surface area contributed by atoms with E-state index in [2.05, 4.69) is 26.1 Å². The van der Waals surface area contributed by atoms with Crippen LogP contribution in [-0.2, 0) is 19.4 Å². The minimum atomic E-state index is -0.344. The van der Waals surface area contributed by atoms with Crippen molar-refractivity contribution in [2.75, 3.05) is 0 Å². The first kappa shape index (κ1) is 15.9. The summed E-state index contributed by atoms with van der Waals surface area (Å²) in [6.07, 6.45) is 1.61. The van der Waals surface area contributed by atoms with Gasteiger partial charge >= 0.3 is 0 Å². The Morgan fingerprint density at radius 3 is 2.52 bits per heavy atom. The van der Waals surface area contributed by atoms with Crippen LogP contribution in [0.3, 0.4) is 0 Å². The van der Waals surface area contributed by atoms with Gasteiger partial charge in [-0.15, -0.1) is 5.10 Å². The molecule has 0 atom stereocenters. The Hall–Kier alpha value is -1.53. The molecule has 0 saturated heterocycles. The highest BCUT2D eigenvalue weighted by Crippen LogP contribution is 2.29. The zero-order chi connectivity index (χ0) is 15.4. The SMILES string of the molecule is CCc1nnc(Oc2ccc(F)c(Br)c2)c(CN)c1CC. The smallest absolute Gasteiger partial charge is 0.243 e. The third-order valence-electron chi connectivity index (χ3n) is 3.23. The first-order valence-corrected chi connectivity index (χ1v) is 7.60. The molecule has 0 radical (unpaired) electrons. The average molecular weight is 354 g/mol. The summed E-state index contributed by atoms with van der Waals surface area (Å²) in [4.78, 5) is 0. The van der Waals surface area contributed by atoms with Gasteiger partial charge in [-0.2, -0.15) is 5.10 Å². The second-order valence-corrected chi connectivity index (χ2v) is 5.35. The highest BCUT2D eigenvalue weighted by molar-refractivity contribution is 9.10. The van der Waals surface area contributed by atoms with E-state index in [1.54, 1.807) is 12.1 Å². The number of aromatic nitrogens is 2. The van der Waals surface area contributed by atoms with E-state index < -0.39 is 0 Å². The van der Waals surface area contributed by atoms with Crippen LogP contribution in [0.1, 0.15) is 30.7 Å². The van der Waals surface area contributed by atoms with Gasteiger partial charge in [-0.25, -0.2) is 4.39 Å². The van der Waals surface area contributed by atoms with Crippen LogP contribution in [0.5, 0.6) is 11.6 Å². The normalized spacial score (nSPS) is 10.7. The molecule has 0 fully saturated rings. The number of rotatable bonds is 5. The molecule has 0 unspecified atom stereocenters. The Bertz CT molecular complexity index is 649. The van der Waals surface area contributed by atoms with Crippen molar-refractivity contribution in [3.8, 4) is 11.6 Å². The van der Waals surface area contributed by atoms with Crippen molar-refractivity contribution < 1.29 is 9.13 Å². The molecule has 4 nitrogen and oxygen atoms in total. The van der Waals surface area contributed by atoms with Crippen molar-refractivity contribution >= 4 is 15.9 Å². The first-order chi connectivity index (χ1) is 10.1. The molecule has 112 valence electrons. The molecule has 1 aromatic carbocycles. The number of hydrogen-bond donors (Lipinski definition) is 1. The molecule has 0 saturated carbocycles. The molecule has 1 aromatic heterocycles. The molecular weight excluding hydrogens is 337 g/mol. The number of aryl methyl sites for hydroxylation is 1. The molecule has 1 heterocycles. The standard InChI is InChI=1S/C15H17BrFN3O/c1-3-10-11(8-18)15(20-19-14(10)4-2)21-9-5-6-13(17)12(16)7-9/h5-7H,3-4,8,18H2,1-2H3. The molecule has 0 amide bonds. The van der Waals surface area contributed by atoms with Crippen LogP contribution in [0.2, 0.25) is 0 Å². The summed E-state index contributed by atoms with van der Waals surface area (Å²) in [7, 11) is 0. The van der Waals surface area contributed by atoms with Gasteiger partial charge in [0.2, 0.25) is 5.88 Å². The molecular formula is C15H17BrFN3O. The summed E-state index contributed by atoms with van der Waals surface area (Å²) in [6, 6.07) is 4.42. The molecule has 0 aliphatic carbocycles. The monoisotopic (exact) mass is 353 g/mol. The van der Waals surface area contributed by atoms with E-state index >= 15 is 0 Å². The van der Waals surface area contributed by atoms with E-state index in [1.807, 2.05) is 13.8 Å². The molecule has 2 rings (SSSR count). The number of nitrogens with zero attached hydrogens (tertiary/aromatic N) is 2. The van der Waals surface area contributed by atoms with Gasteiger partial charge in [0.05, 0.1) is 10.2 Å². The number of halogens is 2. The van der Waals surface area contributed by atoms with Crippen LogP contribution in [0.25, 0.3) is 0 Å². The summed E-state index contributed by atoms with van der Waals surface area (Å²) < 4.78 is 19.3. The van der Waals surface area contributed by atoms with Gasteiger partial charge in [0.15, 0.2) is 0 Å². The second kappa shape index (κ2) is 6.95. The summed E-state index contributed by atoms with van der Waals surface area (Å²) in [5.41, 5.74) is 8.70. The minimum absolute atomic E-state index is 0.323. The highest BCUT2D eigenvalue weighted by Gasteiger charge is 2.15. The van der Waals surface area contributed by atoms with Crippen LogP contribution in [0.4, 0.5) is 4.39 Å². The van der Waals surface area contributed by atoms with Gasteiger partial charge in [-0.1, -0.05) is 13.8 Å². The van der Waals surface area contributed by atoms with Crippen molar-refractivity contribution in [3.05, 3.63) is 45.3 Å². The van der Waals surface area contributed by atoms with Crippen molar-refractivity contribution in [1.29, 1.82) is 0 Å². The van der Waals surface area contributed by atoms with E-state index in [0.717, 1.165) is 29.7 Å². The van der Waals surface area contributed by atoms with E-state index in [9.17, 15) is 4.39 Å². The summed E-state index contributed by atoms with van der Waals surface area (Å²) in [5, 5.41) is 8.31. The average Bonchev–Trinajstić information content (AvgIpc) is 2.50. The largest absolute Gasteiger partial charge is 0.437 e. The second-order valence-electron chi connectivity index (χ2n) is 4.50. The van der Waals surface area contributed by atoms with Crippen molar-refractivity contribution in [3.63, 3.8) is 0 Å². The predicted octanol–water partition coefficient (Wildman–Crippen LogP) is 3.75. The zero-order valence-electron chi connectivity index (χ0n) is 12.0. The topological polar surface area (TPSA) is 61.0 Å². The van der Waals surface area contributed by atoms with Gasteiger partial charge in [-0.3, -0.25) is 0 Å². The van der Waals surface area contributed by atoms with E-state index in [-0.39, 0.29) is 5.82 Å². The minimum Gasteiger partial charge on any atom is -0.437 e. The van der Waals surface area contributed by atoms with Gasteiger partial charge in [0.1, 0.15) is 11.6 Å². The van der Waals surface area contributed by atoms with Gasteiger partial charge in [0.25, 0.3) is 0 Å². The molecule has 21 heavy (non-hydrogen) atoms. The maximum atomic E-state index is 13.2. The fourth-order valence-electron chi connectivity index (χ4n) is 2.18. The van der Waals surface area contributed by atoms with E-state index in [4.69, 9.17) is 10.5 Å². The predicted molar refractivity (Wildman–Crippen MR) is 82.9 cm³/mol. The van der Waals surface area contributed by atoms with Crippen molar-refractivity contribution in [1.82, 2.24) is 10.2 Å². The lowest BCUT2D eigenvalue weighted by Crippen LogP contribution is -2.10. The van der Waals surface area contributed by atoms with Crippen LogP contribution >= 0.6 is 15.9 Å². The van der Waals surface area contributed by atoms with E-state index in [1.165, 1.54) is 6.07 Å². The maximum Gasteiger partial charge on any atom is 0.243 e. The first-order valence-electron chi connectivity index (χ1n) is 6.80. The van der Waals surface area contributed by atoms with Gasteiger partial charge < -0.3 is 10.5 Å². The number of benzene rings is 1. The zero-order valence-corrected chi connectivity index (χ0v) is 13.6. The van der Waals surface area contributed by atoms with Crippen molar-refractivity contribution in [2.45, 2.75) is 33.2 Å². The third-order valence-corrected chi connectivity index (χ3v) is 3.84. The molecule has 2 N–H and O–H groups in total. The van der Waals surface area contributed by atoms with Gasteiger partial charge in [0, 0.05) is 12.1 Å². The lowest BCUT2D eigenvalue weighted by Gasteiger charge is -2.14. The maximum absolute atomic E-state index is 13.2. The molecule has 0 bridgehead atoms. The Morgan fingerprint density at radius 2 is 1.95 bits per heavy atom. The molecule has 2 aromatic rings. The number of nitrogens with two attached hydrogens (primary N) is 1. The highest BCUT2D eigenvalue weighted by atomic mass is 79.9. The summed E-state index contributed by atoms with van der Waals surface area (Å²) >= 11 is 3.13. The molecule has 0 spiro atoms. The van der Waals surface area contributed by atoms with Gasteiger partial charge in [-0.05, 0) is 52.5 Å². The van der Waals surface area contributed by atoms with Crippen LogP contribution in [-0.4, -0.2) is 10.2 Å². The van der Waals surface area contributed by atoms with Crippen LogP contribution < -0.4 is 10.5 Å².